The van der Waals surface area contributed by atoms with E-state index < -0.39 is 0 Å². The highest BCUT2D eigenvalue weighted by atomic mass is 16.5. The topological polar surface area (TPSA) is 26.5 Å². The number of benzene rings is 2. The maximum absolute atomic E-state index is 5.89. The molecule has 0 fully saturated rings. The first kappa shape index (κ1) is 14.8. The molecule has 2 aromatic carbocycles. The maximum atomic E-state index is 5.89. The standard InChI is InChI=1S/C21H20N2O/c1-16-9-11-17(12-10-16)14-23-13-5-8-20(23)21-22-19(15-24-21)18-6-3-2-4-7-18/h2-13,19H,14-15H2,1H3. The Morgan fingerprint density at radius 1 is 1.00 bits per heavy atom. The quantitative estimate of drug-likeness (QED) is 0.702. The molecule has 2 heterocycles. The van der Waals surface area contributed by atoms with Gasteiger partial charge in [-0.15, -0.1) is 0 Å². The average Bonchev–Trinajstić information content (AvgIpc) is 3.27. The molecule has 0 saturated heterocycles. The molecule has 0 bridgehead atoms. The second kappa shape index (κ2) is 6.36. The monoisotopic (exact) mass is 316 g/mol. The second-order valence-electron chi connectivity index (χ2n) is 6.18. The molecular weight excluding hydrogens is 296 g/mol. The predicted molar refractivity (Wildman–Crippen MR) is 96.4 cm³/mol. The molecule has 1 atom stereocenters. The first-order valence-electron chi connectivity index (χ1n) is 8.26. The zero-order valence-electron chi connectivity index (χ0n) is 13.7. The van der Waals surface area contributed by atoms with Gasteiger partial charge in [-0.3, -0.25) is 0 Å². The number of ether oxygens (including phenoxy) is 1. The summed E-state index contributed by atoms with van der Waals surface area (Å²) in [7, 11) is 0. The van der Waals surface area contributed by atoms with Gasteiger partial charge in [0, 0.05) is 12.7 Å². The highest BCUT2D eigenvalue weighted by Crippen LogP contribution is 2.25. The van der Waals surface area contributed by atoms with Crippen LogP contribution in [0.2, 0.25) is 0 Å². The molecular formula is C21H20N2O. The van der Waals surface area contributed by atoms with E-state index in [2.05, 4.69) is 60.2 Å². The van der Waals surface area contributed by atoms with Gasteiger partial charge in [-0.25, -0.2) is 4.99 Å². The maximum Gasteiger partial charge on any atom is 0.234 e. The van der Waals surface area contributed by atoms with Gasteiger partial charge in [0.1, 0.15) is 18.3 Å². The third-order valence-corrected chi connectivity index (χ3v) is 4.36. The van der Waals surface area contributed by atoms with Gasteiger partial charge in [-0.2, -0.15) is 0 Å². The molecule has 3 nitrogen and oxygen atoms in total. The number of aliphatic imine (C=N–C) groups is 1. The molecule has 0 radical (unpaired) electrons. The summed E-state index contributed by atoms with van der Waals surface area (Å²) < 4.78 is 8.08. The largest absolute Gasteiger partial charge is 0.474 e. The second-order valence-corrected chi connectivity index (χ2v) is 6.18. The lowest BCUT2D eigenvalue weighted by atomic mass is 10.1. The van der Waals surface area contributed by atoms with Crippen molar-refractivity contribution in [3.63, 3.8) is 0 Å². The van der Waals surface area contributed by atoms with Gasteiger partial charge in [0.05, 0.1) is 0 Å². The molecule has 1 aromatic heterocycles. The lowest BCUT2D eigenvalue weighted by molar-refractivity contribution is 0.318. The molecule has 120 valence electrons. The number of nitrogens with zero attached hydrogens (tertiary/aromatic N) is 2. The number of hydrogen-bond donors (Lipinski definition) is 0. The zero-order valence-corrected chi connectivity index (χ0v) is 13.7. The number of aryl methyl sites for hydroxylation is 1. The first-order chi connectivity index (χ1) is 11.8. The van der Waals surface area contributed by atoms with Crippen LogP contribution in [0.15, 0.2) is 77.9 Å². The number of aromatic nitrogens is 1. The van der Waals surface area contributed by atoms with E-state index in [0.717, 1.165) is 18.1 Å². The van der Waals surface area contributed by atoms with E-state index in [9.17, 15) is 0 Å². The molecule has 0 N–H and O–H groups in total. The Morgan fingerprint density at radius 3 is 2.58 bits per heavy atom. The molecule has 0 saturated carbocycles. The van der Waals surface area contributed by atoms with Crippen molar-refractivity contribution in [2.24, 2.45) is 4.99 Å². The van der Waals surface area contributed by atoms with E-state index in [1.807, 2.05) is 24.3 Å². The minimum absolute atomic E-state index is 0.0870. The van der Waals surface area contributed by atoms with Crippen LogP contribution in [0.5, 0.6) is 0 Å². The third-order valence-electron chi connectivity index (χ3n) is 4.36. The van der Waals surface area contributed by atoms with Crippen molar-refractivity contribution < 1.29 is 4.74 Å². The molecule has 24 heavy (non-hydrogen) atoms. The average molecular weight is 316 g/mol. The van der Waals surface area contributed by atoms with Crippen molar-refractivity contribution >= 4 is 5.90 Å². The van der Waals surface area contributed by atoms with Gasteiger partial charge >= 0.3 is 0 Å². The molecule has 4 rings (SSSR count). The minimum Gasteiger partial charge on any atom is -0.474 e. The van der Waals surface area contributed by atoms with Crippen LogP contribution in [-0.2, 0) is 11.3 Å². The Kier molecular flexibility index (Phi) is 3.91. The summed E-state index contributed by atoms with van der Waals surface area (Å²) >= 11 is 0. The molecule has 0 aliphatic carbocycles. The Balaban J connectivity index is 1.57. The first-order valence-corrected chi connectivity index (χ1v) is 8.26. The number of hydrogen-bond acceptors (Lipinski definition) is 2. The molecule has 1 aliphatic heterocycles. The Bertz CT molecular complexity index is 847. The summed E-state index contributed by atoms with van der Waals surface area (Å²) in [5.41, 5.74) is 4.79. The summed E-state index contributed by atoms with van der Waals surface area (Å²) in [5.74, 6) is 0.737. The van der Waals surface area contributed by atoms with Crippen LogP contribution in [0.4, 0.5) is 0 Å². The summed E-state index contributed by atoms with van der Waals surface area (Å²) in [6.07, 6.45) is 2.08. The van der Waals surface area contributed by atoms with E-state index in [0.29, 0.717) is 6.61 Å². The highest BCUT2D eigenvalue weighted by molar-refractivity contribution is 5.93. The van der Waals surface area contributed by atoms with Crippen LogP contribution in [0.25, 0.3) is 0 Å². The SMILES string of the molecule is Cc1ccc(Cn2cccc2C2=NC(c3ccccc3)CO2)cc1. The van der Waals surface area contributed by atoms with Crippen molar-refractivity contribution in [2.45, 2.75) is 19.5 Å². The number of rotatable bonds is 4. The van der Waals surface area contributed by atoms with Gasteiger partial charge < -0.3 is 9.30 Å². The van der Waals surface area contributed by atoms with Gasteiger partial charge in [0.25, 0.3) is 0 Å². The van der Waals surface area contributed by atoms with Crippen LogP contribution in [0, 0.1) is 6.92 Å². The Hall–Kier alpha value is -2.81. The van der Waals surface area contributed by atoms with Gasteiger partial charge in [-0.05, 0) is 30.2 Å². The van der Waals surface area contributed by atoms with Crippen LogP contribution >= 0.6 is 0 Å². The Labute approximate surface area is 142 Å². The summed E-state index contributed by atoms with van der Waals surface area (Å²) in [4.78, 5) is 4.79. The minimum atomic E-state index is 0.0870. The smallest absolute Gasteiger partial charge is 0.234 e. The van der Waals surface area contributed by atoms with Crippen LogP contribution < -0.4 is 0 Å². The van der Waals surface area contributed by atoms with Gasteiger partial charge in [0.15, 0.2) is 0 Å². The van der Waals surface area contributed by atoms with E-state index in [1.165, 1.54) is 16.7 Å². The Morgan fingerprint density at radius 2 is 1.79 bits per heavy atom. The molecule has 0 spiro atoms. The molecule has 1 aliphatic rings. The normalized spacial score (nSPS) is 16.7. The lowest BCUT2D eigenvalue weighted by Crippen LogP contribution is -2.10. The summed E-state index contributed by atoms with van der Waals surface area (Å²) in [6.45, 7) is 3.53. The fraction of sp³-hybridized carbons (Fsp3) is 0.190. The van der Waals surface area contributed by atoms with Crippen molar-refractivity contribution in [3.05, 3.63) is 95.3 Å². The highest BCUT2D eigenvalue weighted by Gasteiger charge is 2.23. The zero-order chi connectivity index (χ0) is 16.4. The van der Waals surface area contributed by atoms with Crippen LogP contribution in [-0.4, -0.2) is 17.1 Å². The van der Waals surface area contributed by atoms with E-state index in [1.54, 1.807) is 0 Å². The molecule has 3 aromatic rings. The fourth-order valence-corrected chi connectivity index (χ4v) is 3.00. The molecule has 3 heteroatoms. The lowest BCUT2D eigenvalue weighted by Gasteiger charge is -2.09. The van der Waals surface area contributed by atoms with Crippen molar-refractivity contribution in [3.8, 4) is 0 Å². The van der Waals surface area contributed by atoms with Crippen molar-refractivity contribution in [1.82, 2.24) is 4.57 Å². The van der Waals surface area contributed by atoms with E-state index in [4.69, 9.17) is 9.73 Å². The molecule has 0 amide bonds. The fourth-order valence-electron chi connectivity index (χ4n) is 3.00. The van der Waals surface area contributed by atoms with E-state index >= 15 is 0 Å². The van der Waals surface area contributed by atoms with Crippen molar-refractivity contribution in [1.29, 1.82) is 0 Å². The van der Waals surface area contributed by atoms with E-state index in [-0.39, 0.29) is 6.04 Å². The molecule has 1 unspecified atom stereocenters. The summed E-state index contributed by atoms with van der Waals surface area (Å²) in [5, 5.41) is 0. The van der Waals surface area contributed by atoms with Crippen molar-refractivity contribution in [2.75, 3.05) is 6.61 Å². The predicted octanol–water partition coefficient (Wildman–Crippen LogP) is 4.36. The van der Waals surface area contributed by atoms with Crippen LogP contribution in [0.1, 0.15) is 28.4 Å². The van der Waals surface area contributed by atoms with Gasteiger partial charge in [-0.1, -0.05) is 60.2 Å². The van der Waals surface area contributed by atoms with Gasteiger partial charge in [0.2, 0.25) is 5.90 Å². The van der Waals surface area contributed by atoms with Crippen LogP contribution in [0.3, 0.4) is 0 Å². The summed E-state index contributed by atoms with van der Waals surface area (Å²) in [6, 6.07) is 23.2. The third kappa shape index (κ3) is 2.98.